The molecule has 7 heteroatoms. The van der Waals surface area contributed by atoms with Crippen LogP contribution in [0, 0.1) is 0 Å². The molecule has 1 heterocycles. The number of thiophene rings is 1. The molecule has 150 valence electrons. The zero-order chi connectivity index (χ0) is 20.5. The first-order valence-electron chi connectivity index (χ1n) is 9.25. The molecule has 2 N–H and O–H groups in total. The summed E-state index contributed by atoms with van der Waals surface area (Å²) in [4.78, 5) is 23.9. The monoisotopic (exact) mass is 410 g/mol. The first-order chi connectivity index (χ1) is 14.1. The van der Waals surface area contributed by atoms with Crippen LogP contribution in [0.15, 0.2) is 65.4 Å². The van der Waals surface area contributed by atoms with Gasteiger partial charge in [0.25, 0.3) is 5.91 Å². The van der Waals surface area contributed by atoms with Gasteiger partial charge >= 0.3 is 0 Å². The first-order valence-corrected chi connectivity index (χ1v) is 10.2. The van der Waals surface area contributed by atoms with Gasteiger partial charge in [-0.3, -0.25) is 9.59 Å². The highest BCUT2D eigenvalue weighted by Gasteiger charge is 2.07. The van der Waals surface area contributed by atoms with Gasteiger partial charge in [0.1, 0.15) is 17.2 Å². The lowest BCUT2D eigenvalue weighted by Crippen LogP contribution is -2.27. The number of amides is 2. The zero-order valence-electron chi connectivity index (χ0n) is 16.0. The number of ether oxygens (including phenoxy) is 2. The Kier molecular flexibility index (Phi) is 7.24. The van der Waals surface area contributed by atoms with Crippen molar-refractivity contribution in [3.8, 4) is 17.2 Å². The molecule has 29 heavy (non-hydrogen) atoms. The van der Waals surface area contributed by atoms with Crippen molar-refractivity contribution >= 4 is 28.8 Å². The summed E-state index contributed by atoms with van der Waals surface area (Å²) in [5.41, 5.74) is 1.27. The standard InChI is InChI=1S/C22H22N2O4S/c1-2-27-18-7-9-20(10-8-18)28-19-5-3-17(4-6-19)24-21(25)11-13-23-22(26)16-12-14-29-15-16/h3-10,12,14-15H,2,11,13H2,1H3,(H,23,26)(H,24,25). The van der Waals surface area contributed by atoms with Gasteiger partial charge in [-0.1, -0.05) is 0 Å². The van der Waals surface area contributed by atoms with Gasteiger partial charge < -0.3 is 20.1 Å². The van der Waals surface area contributed by atoms with Crippen molar-refractivity contribution in [1.29, 1.82) is 0 Å². The first kappa shape index (κ1) is 20.4. The highest BCUT2D eigenvalue weighted by Crippen LogP contribution is 2.25. The number of hydrogen-bond acceptors (Lipinski definition) is 5. The van der Waals surface area contributed by atoms with E-state index >= 15 is 0 Å². The van der Waals surface area contributed by atoms with Crippen molar-refractivity contribution in [1.82, 2.24) is 5.32 Å². The third-order valence-corrected chi connectivity index (χ3v) is 4.61. The highest BCUT2D eigenvalue weighted by atomic mass is 32.1. The molecule has 0 fully saturated rings. The fraction of sp³-hybridized carbons (Fsp3) is 0.182. The average Bonchev–Trinajstić information content (AvgIpc) is 3.26. The lowest BCUT2D eigenvalue weighted by atomic mass is 10.2. The van der Waals surface area contributed by atoms with Crippen LogP contribution in [-0.4, -0.2) is 25.0 Å². The number of carbonyl (C=O) groups excluding carboxylic acids is 2. The third-order valence-electron chi connectivity index (χ3n) is 3.93. The summed E-state index contributed by atoms with van der Waals surface area (Å²) in [5.74, 6) is 1.82. The molecule has 6 nitrogen and oxygen atoms in total. The van der Waals surface area contributed by atoms with E-state index in [9.17, 15) is 9.59 Å². The molecule has 0 spiro atoms. The van der Waals surface area contributed by atoms with Crippen molar-refractivity contribution in [3.63, 3.8) is 0 Å². The number of carbonyl (C=O) groups is 2. The summed E-state index contributed by atoms with van der Waals surface area (Å²) >= 11 is 1.46. The van der Waals surface area contributed by atoms with E-state index in [1.54, 1.807) is 35.7 Å². The Morgan fingerprint density at radius 1 is 0.931 bits per heavy atom. The maximum Gasteiger partial charge on any atom is 0.252 e. The zero-order valence-corrected chi connectivity index (χ0v) is 16.8. The smallest absolute Gasteiger partial charge is 0.252 e. The molecular formula is C22H22N2O4S. The van der Waals surface area contributed by atoms with Crippen molar-refractivity contribution < 1.29 is 19.1 Å². The number of anilines is 1. The Labute approximate surface area is 173 Å². The molecule has 2 aromatic carbocycles. The maximum atomic E-state index is 12.0. The molecule has 2 amide bonds. The van der Waals surface area contributed by atoms with Crippen molar-refractivity contribution in [2.75, 3.05) is 18.5 Å². The molecule has 0 saturated carbocycles. The van der Waals surface area contributed by atoms with Crippen LogP contribution in [0.5, 0.6) is 17.2 Å². The van der Waals surface area contributed by atoms with Crippen LogP contribution in [-0.2, 0) is 4.79 Å². The van der Waals surface area contributed by atoms with Crippen LogP contribution in [0.3, 0.4) is 0 Å². The van der Waals surface area contributed by atoms with Gasteiger partial charge in [-0.05, 0) is 66.9 Å². The van der Waals surface area contributed by atoms with E-state index in [1.807, 2.05) is 36.6 Å². The quantitative estimate of drug-likeness (QED) is 0.536. The third kappa shape index (κ3) is 6.36. The topological polar surface area (TPSA) is 76.7 Å². The largest absolute Gasteiger partial charge is 0.494 e. The van der Waals surface area contributed by atoms with Crippen LogP contribution in [0.2, 0.25) is 0 Å². The minimum Gasteiger partial charge on any atom is -0.494 e. The molecule has 0 unspecified atom stereocenters. The van der Waals surface area contributed by atoms with E-state index in [4.69, 9.17) is 9.47 Å². The summed E-state index contributed by atoms with van der Waals surface area (Å²) in [7, 11) is 0. The maximum absolute atomic E-state index is 12.0. The molecule has 0 aliphatic rings. The molecule has 0 radical (unpaired) electrons. The molecule has 3 aromatic rings. The molecule has 0 atom stereocenters. The van der Waals surface area contributed by atoms with Gasteiger partial charge in [0.2, 0.25) is 5.91 Å². The molecule has 0 aliphatic heterocycles. The van der Waals surface area contributed by atoms with E-state index in [0.29, 0.717) is 29.4 Å². The van der Waals surface area contributed by atoms with Gasteiger partial charge in [-0.25, -0.2) is 0 Å². The summed E-state index contributed by atoms with van der Waals surface area (Å²) in [6.45, 7) is 2.83. The van der Waals surface area contributed by atoms with E-state index < -0.39 is 0 Å². The van der Waals surface area contributed by atoms with Crippen molar-refractivity contribution in [3.05, 3.63) is 70.9 Å². The number of nitrogens with one attached hydrogen (secondary N) is 2. The van der Waals surface area contributed by atoms with Crippen LogP contribution in [0.1, 0.15) is 23.7 Å². The molecule has 0 aliphatic carbocycles. The summed E-state index contributed by atoms with van der Waals surface area (Å²) in [6, 6.07) is 16.2. The molecule has 1 aromatic heterocycles. The number of rotatable bonds is 9. The number of hydrogen-bond donors (Lipinski definition) is 2. The highest BCUT2D eigenvalue weighted by molar-refractivity contribution is 7.08. The van der Waals surface area contributed by atoms with Crippen LogP contribution < -0.4 is 20.1 Å². The lowest BCUT2D eigenvalue weighted by Gasteiger charge is -2.09. The van der Waals surface area contributed by atoms with Crippen LogP contribution in [0.4, 0.5) is 5.69 Å². The Morgan fingerprint density at radius 3 is 2.21 bits per heavy atom. The van der Waals surface area contributed by atoms with Crippen LogP contribution in [0.25, 0.3) is 0 Å². The Balaban J connectivity index is 1.43. The second kappa shape index (κ2) is 10.3. The van der Waals surface area contributed by atoms with E-state index in [2.05, 4.69) is 10.6 Å². The van der Waals surface area contributed by atoms with Crippen LogP contribution >= 0.6 is 11.3 Å². The second-order valence-electron chi connectivity index (χ2n) is 6.10. The van der Waals surface area contributed by atoms with Crippen molar-refractivity contribution in [2.45, 2.75) is 13.3 Å². The van der Waals surface area contributed by atoms with Gasteiger partial charge in [-0.15, -0.1) is 0 Å². The molecule has 0 saturated heterocycles. The van der Waals surface area contributed by atoms with E-state index in [-0.39, 0.29) is 24.8 Å². The second-order valence-corrected chi connectivity index (χ2v) is 6.88. The summed E-state index contributed by atoms with van der Waals surface area (Å²) < 4.78 is 11.2. The lowest BCUT2D eigenvalue weighted by molar-refractivity contribution is -0.116. The van der Waals surface area contributed by atoms with Gasteiger partial charge in [0.15, 0.2) is 0 Å². The van der Waals surface area contributed by atoms with E-state index in [0.717, 1.165) is 5.75 Å². The van der Waals surface area contributed by atoms with Gasteiger partial charge in [0.05, 0.1) is 6.61 Å². The average molecular weight is 410 g/mol. The Hall–Kier alpha value is -3.32. The molecule has 0 bridgehead atoms. The Bertz CT molecular complexity index is 922. The van der Waals surface area contributed by atoms with E-state index in [1.165, 1.54) is 11.3 Å². The predicted octanol–water partition coefficient (Wildman–Crippen LogP) is 4.70. The minimum atomic E-state index is -0.171. The molecular weight excluding hydrogens is 388 g/mol. The molecule has 3 rings (SSSR count). The summed E-state index contributed by atoms with van der Waals surface area (Å²) in [6.07, 6.45) is 0.195. The summed E-state index contributed by atoms with van der Waals surface area (Å²) in [5, 5.41) is 9.14. The fourth-order valence-electron chi connectivity index (χ4n) is 2.52. The van der Waals surface area contributed by atoms with Gasteiger partial charge in [-0.2, -0.15) is 11.3 Å². The van der Waals surface area contributed by atoms with Crippen molar-refractivity contribution in [2.24, 2.45) is 0 Å². The fourth-order valence-corrected chi connectivity index (χ4v) is 3.16. The SMILES string of the molecule is CCOc1ccc(Oc2ccc(NC(=O)CCNC(=O)c3ccsc3)cc2)cc1. The predicted molar refractivity (Wildman–Crippen MR) is 114 cm³/mol. The van der Waals surface area contributed by atoms with Gasteiger partial charge in [0, 0.05) is 29.6 Å². The number of benzene rings is 2. The Morgan fingerprint density at radius 2 is 1.59 bits per heavy atom. The minimum absolute atomic E-state index is 0.171. The normalized spacial score (nSPS) is 10.2.